The minimum atomic E-state index is 0.704. The molecule has 1 aliphatic rings. The molecule has 0 spiro atoms. The van der Waals surface area contributed by atoms with Crippen molar-refractivity contribution in [1.29, 1.82) is 0 Å². The highest BCUT2D eigenvalue weighted by atomic mass is 32.2. The van der Waals surface area contributed by atoms with Gasteiger partial charge in [0.25, 0.3) is 0 Å². The van der Waals surface area contributed by atoms with Crippen molar-refractivity contribution in [3.63, 3.8) is 0 Å². The summed E-state index contributed by atoms with van der Waals surface area (Å²) in [4.78, 5) is 1.69. The molecular formula is C9H15N3S2. The summed E-state index contributed by atoms with van der Waals surface area (Å²) in [7, 11) is 1.90. The molecule has 2 rings (SSSR count). The first-order valence-corrected chi connectivity index (χ1v) is 6.89. The van der Waals surface area contributed by atoms with Crippen LogP contribution in [0.4, 0.5) is 0 Å². The van der Waals surface area contributed by atoms with E-state index >= 15 is 0 Å². The molecule has 0 aromatic carbocycles. The number of hydrogen-bond acceptors (Lipinski definition) is 4. The molecule has 78 valence electrons. The molecule has 2 unspecified atom stereocenters. The Balaban J connectivity index is 2.20. The zero-order chi connectivity index (χ0) is 10.1. The Kier molecular flexibility index (Phi) is 3.07. The third-order valence-electron chi connectivity index (χ3n) is 2.49. The smallest absolute Gasteiger partial charge is 0.0966 e. The van der Waals surface area contributed by atoms with Gasteiger partial charge < -0.3 is 0 Å². The molecule has 0 bridgehead atoms. The number of rotatable bonds is 0. The molecule has 2 heterocycles. The number of hydrogen-bond donors (Lipinski definition) is 0. The van der Waals surface area contributed by atoms with Crippen molar-refractivity contribution in [1.82, 2.24) is 15.0 Å². The van der Waals surface area contributed by atoms with Gasteiger partial charge in [-0.3, -0.25) is 0 Å². The van der Waals surface area contributed by atoms with E-state index in [1.54, 1.807) is 4.80 Å². The highest BCUT2D eigenvalue weighted by Gasteiger charge is 2.20. The van der Waals surface area contributed by atoms with Crippen LogP contribution in [0.15, 0.2) is 0 Å². The Morgan fingerprint density at radius 2 is 1.50 bits per heavy atom. The Morgan fingerprint density at radius 1 is 1.07 bits per heavy atom. The van der Waals surface area contributed by atoms with Crippen LogP contribution in [0.3, 0.4) is 0 Å². The van der Waals surface area contributed by atoms with Crippen LogP contribution >= 0.6 is 23.5 Å². The Hall–Kier alpha value is -0.160. The third-order valence-corrected chi connectivity index (χ3v) is 5.41. The Bertz CT molecular complexity index is 294. The van der Waals surface area contributed by atoms with Gasteiger partial charge in [-0.1, -0.05) is 13.8 Å². The largest absolute Gasteiger partial charge is 0.187 e. The third kappa shape index (κ3) is 2.08. The van der Waals surface area contributed by atoms with E-state index in [9.17, 15) is 0 Å². The first kappa shape index (κ1) is 10.4. The van der Waals surface area contributed by atoms with Crippen LogP contribution in [0.25, 0.3) is 0 Å². The van der Waals surface area contributed by atoms with E-state index in [0.717, 1.165) is 11.5 Å². The van der Waals surface area contributed by atoms with Crippen LogP contribution in [0.2, 0.25) is 0 Å². The summed E-state index contributed by atoms with van der Waals surface area (Å²) in [5, 5.41) is 10.2. The lowest BCUT2D eigenvalue weighted by Gasteiger charge is -2.20. The van der Waals surface area contributed by atoms with Crippen molar-refractivity contribution in [3.05, 3.63) is 11.4 Å². The van der Waals surface area contributed by atoms with Gasteiger partial charge in [0.1, 0.15) is 0 Å². The van der Waals surface area contributed by atoms with Crippen LogP contribution in [-0.2, 0) is 18.6 Å². The van der Waals surface area contributed by atoms with E-state index in [0.29, 0.717) is 10.5 Å². The summed E-state index contributed by atoms with van der Waals surface area (Å²) in [6.07, 6.45) is 0. The highest BCUT2D eigenvalue weighted by Crippen LogP contribution is 2.32. The van der Waals surface area contributed by atoms with Gasteiger partial charge in [0.2, 0.25) is 0 Å². The van der Waals surface area contributed by atoms with Crippen molar-refractivity contribution in [2.24, 2.45) is 7.05 Å². The Morgan fingerprint density at radius 3 is 1.93 bits per heavy atom. The van der Waals surface area contributed by atoms with Gasteiger partial charge in [0.15, 0.2) is 0 Å². The van der Waals surface area contributed by atoms with Crippen molar-refractivity contribution in [3.8, 4) is 0 Å². The summed E-state index contributed by atoms with van der Waals surface area (Å²) >= 11 is 3.96. The van der Waals surface area contributed by atoms with Crippen molar-refractivity contribution in [2.75, 3.05) is 0 Å². The zero-order valence-corrected chi connectivity index (χ0v) is 10.4. The van der Waals surface area contributed by atoms with Crippen LogP contribution in [0, 0.1) is 0 Å². The minimum absolute atomic E-state index is 0.704. The van der Waals surface area contributed by atoms with Gasteiger partial charge in [0, 0.05) is 29.1 Å². The molecule has 1 aromatic heterocycles. The Labute approximate surface area is 93.0 Å². The molecule has 0 fully saturated rings. The maximum Gasteiger partial charge on any atom is 0.0966 e. The molecule has 0 saturated heterocycles. The van der Waals surface area contributed by atoms with Gasteiger partial charge in [-0.25, -0.2) is 0 Å². The SMILES string of the molecule is CC1SCc2nn(C)nc2CSC1C. The van der Waals surface area contributed by atoms with Crippen molar-refractivity contribution >= 4 is 23.5 Å². The van der Waals surface area contributed by atoms with E-state index in [-0.39, 0.29) is 0 Å². The predicted octanol–water partition coefficient (Wildman–Crippen LogP) is 2.07. The first-order chi connectivity index (χ1) is 6.66. The summed E-state index contributed by atoms with van der Waals surface area (Å²) < 4.78 is 0. The number of nitrogens with zero attached hydrogens (tertiary/aromatic N) is 3. The number of thioether (sulfide) groups is 2. The molecule has 0 N–H and O–H groups in total. The quantitative estimate of drug-likeness (QED) is 0.681. The lowest BCUT2D eigenvalue weighted by atomic mass is 10.3. The second kappa shape index (κ2) is 4.14. The lowest BCUT2D eigenvalue weighted by Crippen LogP contribution is -2.15. The van der Waals surface area contributed by atoms with E-state index in [1.807, 2.05) is 30.6 Å². The molecule has 0 radical (unpaired) electrons. The van der Waals surface area contributed by atoms with Gasteiger partial charge in [-0.15, -0.1) is 0 Å². The van der Waals surface area contributed by atoms with Crippen molar-refractivity contribution < 1.29 is 0 Å². The van der Waals surface area contributed by atoms with Gasteiger partial charge >= 0.3 is 0 Å². The summed E-state index contributed by atoms with van der Waals surface area (Å²) in [6.45, 7) is 4.59. The summed E-state index contributed by atoms with van der Waals surface area (Å²) in [5.41, 5.74) is 2.34. The fraction of sp³-hybridized carbons (Fsp3) is 0.778. The summed E-state index contributed by atoms with van der Waals surface area (Å²) in [6, 6.07) is 0. The van der Waals surface area contributed by atoms with E-state index in [1.165, 1.54) is 11.4 Å². The molecule has 0 amide bonds. The zero-order valence-electron chi connectivity index (χ0n) is 8.73. The van der Waals surface area contributed by atoms with E-state index < -0.39 is 0 Å². The average Bonchev–Trinajstić information content (AvgIpc) is 2.49. The molecular weight excluding hydrogens is 214 g/mol. The topological polar surface area (TPSA) is 30.7 Å². The van der Waals surface area contributed by atoms with Gasteiger partial charge in [-0.05, 0) is 0 Å². The molecule has 14 heavy (non-hydrogen) atoms. The fourth-order valence-electron chi connectivity index (χ4n) is 1.40. The van der Waals surface area contributed by atoms with Crippen LogP contribution in [-0.4, -0.2) is 25.5 Å². The number of aryl methyl sites for hydroxylation is 1. The van der Waals surface area contributed by atoms with Crippen LogP contribution in [0.5, 0.6) is 0 Å². The van der Waals surface area contributed by atoms with Crippen LogP contribution < -0.4 is 0 Å². The fourth-order valence-corrected chi connectivity index (χ4v) is 3.71. The average molecular weight is 229 g/mol. The predicted molar refractivity (Wildman–Crippen MR) is 62.5 cm³/mol. The van der Waals surface area contributed by atoms with Crippen molar-refractivity contribution in [2.45, 2.75) is 35.9 Å². The maximum atomic E-state index is 4.38. The van der Waals surface area contributed by atoms with Gasteiger partial charge in [0.05, 0.1) is 11.4 Å². The number of fused-ring (bicyclic) bond motifs is 1. The number of aromatic nitrogens is 3. The standard InChI is InChI=1S/C9H15N3S2/c1-6-7(2)14-5-9-8(4-13-6)10-12(3)11-9/h6-7H,4-5H2,1-3H3. The second-order valence-electron chi connectivity index (χ2n) is 3.62. The highest BCUT2D eigenvalue weighted by molar-refractivity contribution is 8.03. The molecule has 3 nitrogen and oxygen atoms in total. The molecule has 5 heteroatoms. The maximum absolute atomic E-state index is 4.38. The molecule has 0 saturated carbocycles. The molecule has 2 atom stereocenters. The first-order valence-electron chi connectivity index (χ1n) is 4.79. The van der Waals surface area contributed by atoms with E-state index in [2.05, 4.69) is 24.0 Å². The summed E-state index contributed by atoms with van der Waals surface area (Å²) in [5.74, 6) is 2.02. The monoisotopic (exact) mass is 229 g/mol. The molecule has 0 aliphatic carbocycles. The normalized spacial score (nSPS) is 27.9. The second-order valence-corrected chi connectivity index (χ2v) is 6.35. The lowest BCUT2D eigenvalue weighted by molar-refractivity contribution is 0.645. The molecule has 1 aromatic rings. The van der Waals surface area contributed by atoms with Crippen LogP contribution in [0.1, 0.15) is 25.2 Å². The minimum Gasteiger partial charge on any atom is -0.187 e. The van der Waals surface area contributed by atoms with E-state index in [4.69, 9.17) is 0 Å². The van der Waals surface area contributed by atoms with Gasteiger partial charge in [-0.2, -0.15) is 38.5 Å². The molecule has 1 aliphatic heterocycles.